The highest BCUT2D eigenvalue weighted by Crippen LogP contribution is 2.27. The summed E-state index contributed by atoms with van der Waals surface area (Å²) in [6.07, 6.45) is 2.65. The molecular weight excluding hydrogens is 428 g/mol. The van der Waals surface area contributed by atoms with E-state index in [0.29, 0.717) is 31.0 Å². The normalized spacial score (nSPS) is 21.0. The van der Waals surface area contributed by atoms with Crippen LogP contribution in [0.3, 0.4) is 0 Å². The van der Waals surface area contributed by atoms with Crippen LogP contribution in [0.4, 0.5) is 10.8 Å². The summed E-state index contributed by atoms with van der Waals surface area (Å²) >= 11 is 1.46. The van der Waals surface area contributed by atoms with Gasteiger partial charge in [-0.1, -0.05) is 0 Å². The second kappa shape index (κ2) is 10.4. The molecular formula is C23H30N4O4S. The molecule has 1 saturated heterocycles. The molecule has 2 aromatic rings. The topological polar surface area (TPSA) is 92.8 Å². The number of rotatable bonds is 8. The smallest absolute Gasteiger partial charge is 0.226 e. The highest BCUT2D eigenvalue weighted by atomic mass is 32.1. The Morgan fingerprint density at radius 1 is 1.31 bits per heavy atom. The molecule has 8 nitrogen and oxygen atoms in total. The maximum atomic E-state index is 12.3. The van der Waals surface area contributed by atoms with Crippen molar-refractivity contribution in [3.05, 3.63) is 34.8 Å². The average molecular weight is 459 g/mol. The molecule has 2 unspecified atom stereocenters. The number of benzene rings is 1. The van der Waals surface area contributed by atoms with E-state index in [4.69, 9.17) is 9.47 Å². The van der Waals surface area contributed by atoms with E-state index in [-0.39, 0.29) is 24.0 Å². The van der Waals surface area contributed by atoms with Crippen LogP contribution in [0, 0.1) is 0 Å². The predicted molar refractivity (Wildman–Crippen MR) is 124 cm³/mol. The van der Waals surface area contributed by atoms with Gasteiger partial charge in [0.2, 0.25) is 11.8 Å². The summed E-state index contributed by atoms with van der Waals surface area (Å²) in [4.78, 5) is 30.6. The van der Waals surface area contributed by atoms with Crippen LogP contribution in [-0.4, -0.2) is 53.6 Å². The van der Waals surface area contributed by atoms with E-state index in [2.05, 4.69) is 34.4 Å². The fraction of sp³-hybridized carbons (Fsp3) is 0.522. The molecule has 1 fully saturated rings. The summed E-state index contributed by atoms with van der Waals surface area (Å²) < 4.78 is 11.6. The van der Waals surface area contributed by atoms with Gasteiger partial charge in [-0.25, -0.2) is 4.98 Å². The van der Waals surface area contributed by atoms with E-state index < -0.39 is 0 Å². The number of morpholine rings is 1. The summed E-state index contributed by atoms with van der Waals surface area (Å²) in [6, 6.07) is 5.67. The third-order valence-electron chi connectivity index (χ3n) is 5.47. The number of ether oxygens (including phenoxy) is 2. The van der Waals surface area contributed by atoms with Crippen LogP contribution >= 0.6 is 11.3 Å². The number of thiazole rings is 1. The number of carbonyl (C=O) groups is 2. The van der Waals surface area contributed by atoms with Gasteiger partial charge in [0.15, 0.2) is 5.13 Å². The van der Waals surface area contributed by atoms with Gasteiger partial charge in [0.05, 0.1) is 24.5 Å². The first-order valence-corrected chi connectivity index (χ1v) is 12.0. The van der Waals surface area contributed by atoms with Crippen LogP contribution in [0.1, 0.15) is 44.4 Å². The van der Waals surface area contributed by atoms with Crippen molar-refractivity contribution in [1.29, 1.82) is 0 Å². The molecule has 172 valence electrons. The second-order valence-electron chi connectivity index (χ2n) is 8.46. The summed E-state index contributed by atoms with van der Waals surface area (Å²) in [5, 5.41) is 8.39. The fourth-order valence-corrected chi connectivity index (χ4v) is 4.85. The minimum atomic E-state index is -0.0590. The Bertz CT molecular complexity index is 953. The molecule has 0 bridgehead atoms. The van der Waals surface area contributed by atoms with Gasteiger partial charge < -0.3 is 20.1 Å². The van der Waals surface area contributed by atoms with Crippen molar-refractivity contribution in [1.82, 2.24) is 9.88 Å². The van der Waals surface area contributed by atoms with Gasteiger partial charge in [0, 0.05) is 43.5 Å². The summed E-state index contributed by atoms with van der Waals surface area (Å²) in [6.45, 7) is 7.18. The molecule has 2 atom stereocenters. The number of fused-ring (bicyclic) bond motifs is 1. The average Bonchev–Trinajstić information content (AvgIpc) is 3.17. The lowest BCUT2D eigenvalue weighted by Gasteiger charge is -2.34. The Hall–Kier alpha value is -2.49. The first kappa shape index (κ1) is 22.7. The van der Waals surface area contributed by atoms with Crippen LogP contribution in [0.2, 0.25) is 0 Å². The first-order valence-electron chi connectivity index (χ1n) is 11.1. The molecule has 1 aromatic heterocycles. The number of nitrogens with one attached hydrogen (secondary N) is 2. The van der Waals surface area contributed by atoms with Gasteiger partial charge in [0.25, 0.3) is 0 Å². The van der Waals surface area contributed by atoms with E-state index in [1.807, 2.05) is 23.6 Å². The lowest BCUT2D eigenvalue weighted by Crippen LogP contribution is -2.44. The van der Waals surface area contributed by atoms with Gasteiger partial charge >= 0.3 is 0 Å². The van der Waals surface area contributed by atoms with Crippen molar-refractivity contribution in [3.63, 3.8) is 0 Å². The molecule has 2 aliphatic rings. The van der Waals surface area contributed by atoms with E-state index in [9.17, 15) is 9.59 Å². The Morgan fingerprint density at radius 2 is 2.12 bits per heavy atom. The minimum Gasteiger partial charge on any atom is -0.494 e. The van der Waals surface area contributed by atoms with Gasteiger partial charge in [0.1, 0.15) is 5.75 Å². The Balaban J connectivity index is 1.17. The molecule has 2 amide bonds. The Morgan fingerprint density at radius 3 is 2.94 bits per heavy atom. The fourth-order valence-electron chi connectivity index (χ4n) is 4.13. The van der Waals surface area contributed by atoms with Crippen molar-refractivity contribution >= 4 is 34.0 Å². The number of amides is 2. The minimum absolute atomic E-state index is 0.0508. The van der Waals surface area contributed by atoms with E-state index in [0.717, 1.165) is 48.7 Å². The number of hydrogen-bond acceptors (Lipinski definition) is 7. The number of hydrogen-bond donors (Lipinski definition) is 2. The molecule has 3 heterocycles. The maximum absolute atomic E-state index is 12.3. The number of carbonyl (C=O) groups excluding carboxylic acids is 2. The maximum Gasteiger partial charge on any atom is 0.226 e. The van der Waals surface area contributed by atoms with Crippen LogP contribution in [0.5, 0.6) is 5.75 Å². The van der Waals surface area contributed by atoms with Gasteiger partial charge in [-0.3, -0.25) is 14.5 Å². The molecule has 2 aliphatic heterocycles. The van der Waals surface area contributed by atoms with Crippen molar-refractivity contribution in [2.75, 3.05) is 30.3 Å². The summed E-state index contributed by atoms with van der Waals surface area (Å²) in [5.41, 5.74) is 2.91. The Kier molecular flexibility index (Phi) is 7.39. The van der Waals surface area contributed by atoms with E-state index in [1.54, 1.807) is 0 Å². The molecule has 32 heavy (non-hydrogen) atoms. The molecule has 1 aromatic carbocycles. The number of anilines is 2. The third kappa shape index (κ3) is 6.27. The zero-order chi connectivity index (χ0) is 22.5. The zero-order valence-electron chi connectivity index (χ0n) is 18.6. The third-order valence-corrected chi connectivity index (χ3v) is 6.27. The van der Waals surface area contributed by atoms with E-state index >= 15 is 0 Å². The van der Waals surface area contributed by atoms with Crippen molar-refractivity contribution in [3.8, 4) is 5.75 Å². The molecule has 0 spiro atoms. The number of aromatic nitrogens is 1. The van der Waals surface area contributed by atoms with Crippen molar-refractivity contribution < 1.29 is 19.1 Å². The SMILES string of the molecule is CC1CN(Cc2csc(NC(=O)CCCOc3ccc4c(c3)CCC(=O)N4)n2)CC(C)O1. The van der Waals surface area contributed by atoms with E-state index in [1.165, 1.54) is 11.3 Å². The molecule has 9 heteroatoms. The highest BCUT2D eigenvalue weighted by molar-refractivity contribution is 7.13. The van der Waals surface area contributed by atoms with Gasteiger partial charge in [-0.2, -0.15) is 0 Å². The van der Waals surface area contributed by atoms with Gasteiger partial charge in [-0.05, 0) is 50.5 Å². The highest BCUT2D eigenvalue weighted by Gasteiger charge is 2.23. The molecule has 4 rings (SSSR count). The standard InChI is InChI=1S/C23H30N4O4S/c1-15-11-27(12-16(2)31-15)13-18-14-32-23(24-18)26-21(28)4-3-9-30-19-6-7-20-17(10-19)5-8-22(29)25-20/h6-7,10,14-16H,3-5,8-9,11-13H2,1-2H3,(H,25,29)(H,24,26,28). The second-order valence-corrected chi connectivity index (χ2v) is 9.32. The zero-order valence-corrected chi connectivity index (χ0v) is 19.4. The quantitative estimate of drug-likeness (QED) is 0.589. The number of nitrogens with zero attached hydrogens (tertiary/aromatic N) is 2. The van der Waals surface area contributed by atoms with Crippen molar-refractivity contribution in [2.24, 2.45) is 0 Å². The lowest BCUT2D eigenvalue weighted by molar-refractivity contribution is -0.117. The Labute approximate surface area is 192 Å². The number of aryl methyl sites for hydroxylation is 1. The molecule has 2 N–H and O–H groups in total. The largest absolute Gasteiger partial charge is 0.494 e. The van der Waals surface area contributed by atoms with Crippen LogP contribution in [0.15, 0.2) is 23.6 Å². The summed E-state index contributed by atoms with van der Waals surface area (Å²) in [7, 11) is 0. The first-order chi connectivity index (χ1) is 15.4. The monoisotopic (exact) mass is 458 g/mol. The molecule has 0 radical (unpaired) electrons. The van der Waals surface area contributed by atoms with Crippen LogP contribution in [0.25, 0.3) is 0 Å². The predicted octanol–water partition coefficient (Wildman–Crippen LogP) is 3.43. The molecule has 0 aliphatic carbocycles. The summed E-state index contributed by atoms with van der Waals surface area (Å²) in [5.74, 6) is 0.753. The van der Waals surface area contributed by atoms with Crippen LogP contribution in [-0.2, 0) is 27.3 Å². The van der Waals surface area contributed by atoms with Crippen molar-refractivity contribution in [2.45, 2.75) is 58.3 Å². The lowest BCUT2D eigenvalue weighted by atomic mass is 10.0. The van der Waals surface area contributed by atoms with Gasteiger partial charge in [-0.15, -0.1) is 11.3 Å². The molecule has 0 saturated carbocycles. The van der Waals surface area contributed by atoms with Crippen LogP contribution < -0.4 is 15.4 Å².